The first kappa shape index (κ1) is 16.4. The zero-order chi connectivity index (χ0) is 16.2. The zero-order valence-electron chi connectivity index (χ0n) is 13.3. The molecule has 2 aromatic heterocycles. The van der Waals surface area contributed by atoms with Crippen molar-refractivity contribution in [1.82, 2.24) is 20.1 Å². The predicted molar refractivity (Wildman–Crippen MR) is 89.7 cm³/mol. The van der Waals surface area contributed by atoms with Crippen molar-refractivity contribution in [3.63, 3.8) is 0 Å². The molecule has 0 aromatic carbocycles. The minimum atomic E-state index is 0.149. The molecule has 3 heterocycles. The molecule has 1 aliphatic rings. The van der Waals surface area contributed by atoms with Gasteiger partial charge in [0.05, 0.1) is 22.9 Å². The molecule has 1 amide bonds. The number of likely N-dealkylation sites (tertiary alicyclic amines) is 1. The summed E-state index contributed by atoms with van der Waals surface area (Å²) in [5, 5.41) is 11.5. The molecule has 0 N–H and O–H groups in total. The zero-order valence-corrected chi connectivity index (χ0v) is 15.0. The van der Waals surface area contributed by atoms with E-state index in [1.165, 1.54) is 18.2 Å². The highest BCUT2D eigenvalue weighted by Gasteiger charge is 2.21. The Labute approximate surface area is 143 Å². The van der Waals surface area contributed by atoms with Crippen molar-refractivity contribution >= 4 is 29.0 Å². The van der Waals surface area contributed by atoms with Crippen LogP contribution in [-0.4, -0.2) is 44.8 Å². The monoisotopic (exact) mass is 352 g/mol. The maximum atomic E-state index is 12.2. The van der Waals surface area contributed by atoms with E-state index < -0.39 is 0 Å². The Balaban J connectivity index is 1.50. The molecule has 2 aromatic rings. The van der Waals surface area contributed by atoms with Crippen LogP contribution < -0.4 is 0 Å². The van der Waals surface area contributed by atoms with Crippen molar-refractivity contribution in [2.45, 2.75) is 38.3 Å². The molecule has 3 rings (SSSR count). The van der Waals surface area contributed by atoms with Crippen LogP contribution >= 0.6 is 23.1 Å². The van der Waals surface area contributed by atoms with E-state index in [9.17, 15) is 4.79 Å². The van der Waals surface area contributed by atoms with Crippen LogP contribution in [0.4, 0.5) is 0 Å². The molecule has 124 valence electrons. The lowest BCUT2D eigenvalue weighted by Gasteiger charge is -2.30. The van der Waals surface area contributed by atoms with Gasteiger partial charge in [-0.25, -0.2) is 4.98 Å². The molecule has 1 saturated heterocycles. The van der Waals surface area contributed by atoms with Crippen LogP contribution in [0.5, 0.6) is 0 Å². The van der Waals surface area contributed by atoms with Crippen LogP contribution in [0.25, 0.3) is 0 Å². The highest BCUT2D eigenvalue weighted by atomic mass is 32.2. The second-order valence-corrected chi connectivity index (χ2v) is 7.86. The van der Waals surface area contributed by atoms with Crippen LogP contribution in [0, 0.1) is 12.8 Å². The summed E-state index contributed by atoms with van der Waals surface area (Å²) in [6.45, 7) is 5.88. The van der Waals surface area contributed by atoms with Gasteiger partial charge in [0.2, 0.25) is 11.8 Å². The van der Waals surface area contributed by atoms with Crippen molar-refractivity contribution < 1.29 is 9.21 Å². The fourth-order valence-electron chi connectivity index (χ4n) is 2.64. The SMILES string of the molecule is Cc1nc(Cc2nnc(SCC(=O)N3CCC[C@H](C)C3)o2)cs1. The number of hydrogen-bond donors (Lipinski definition) is 0. The Morgan fingerprint density at radius 2 is 2.39 bits per heavy atom. The van der Waals surface area contributed by atoms with E-state index in [1.54, 1.807) is 11.3 Å². The summed E-state index contributed by atoms with van der Waals surface area (Å²) in [6.07, 6.45) is 2.84. The third-order valence-corrected chi connectivity index (χ3v) is 5.40. The highest BCUT2D eigenvalue weighted by molar-refractivity contribution is 7.99. The van der Waals surface area contributed by atoms with Gasteiger partial charge in [-0.1, -0.05) is 18.7 Å². The normalized spacial score (nSPS) is 18.3. The Bertz CT molecular complexity index is 670. The molecule has 0 saturated carbocycles. The van der Waals surface area contributed by atoms with Gasteiger partial charge in [-0.05, 0) is 25.7 Å². The maximum Gasteiger partial charge on any atom is 0.277 e. The first-order valence-electron chi connectivity index (χ1n) is 7.74. The topological polar surface area (TPSA) is 72.1 Å². The Morgan fingerprint density at radius 1 is 1.52 bits per heavy atom. The van der Waals surface area contributed by atoms with Crippen LogP contribution in [0.15, 0.2) is 15.0 Å². The molecule has 1 atom stereocenters. The van der Waals surface area contributed by atoms with Gasteiger partial charge in [-0.2, -0.15) is 0 Å². The number of aryl methyl sites for hydroxylation is 1. The minimum Gasteiger partial charge on any atom is -0.416 e. The number of piperidine rings is 1. The van der Waals surface area contributed by atoms with E-state index in [0.717, 1.165) is 30.2 Å². The summed E-state index contributed by atoms with van der Waals surface area (Å²) in [5.41, 5.74) is 0.936. The lowest BCUT2D eigenvalue weighted by Crippen LogP contribution is -2.40. The molecule has 1 aliphatic heterocycles. The number of hydrogen-bond acceptors (Lipinski definition) is 7. The first-order valence-corrected chi connectivity index (χ1v) is 9.60. The summed E-state index contributed by atoms with van der Waals surface area (Å²) in [6, 6.07) is 0. The average molecular weight is 352 g/mol. The molecule has 23 heavy (non-hydrogen) atoms. The van der Waals surface area contributed by atoms with Crippen LogP contribution in [0.2, 0.25) is 0 Å². The van der Waals surface area contributed by atoms with Gasteiger partial charge in [0.1, 0.15) is 0 Å². The van der Waals surface area contributed by atoms with Crippen molar-refractivity contribution in [1.29, 1.82) is 0 Å². The van der Waals surface area contributed by atoms with E-state index in [4.69, 9.17) is 4.42 Å². The molecular weight excluding hydrogens is 332 g/mol. The Morgan fingerprint density at radius 3 is 3.13 bits per heavy atom. The quantitative estimate of drug-likeness (QED) is 0.771. The summed E-state index contributed by atoms with van der Waals surface area (Å²) in [5.74, 6) is 1.63. The third-order valence-electron chi connectivity index (χ3n) is 3.78. The molecule has 0 spiro atoms. The second kappa shape index (κ2) is 7.44. The fraction of sp³-hybridized carbons (Fsp3) is 0.600. The maximum absolute atomic E-state index is 12.2. The molecule has 0 unspecified atom stereocenters. The van der Waals surface area contributed by atoms with Crippen molar-refractivity contribution in [3.8, 4) is 0 Å². The molecular formula is C15H20N4O2S2. The number of amides is 1. The van der Waals surface area contributed by atoms with Crippen LogP contribution in [-0.2, 0) is 11.2 Å². The molecule has 0 aliphatic carbocycles. The summed E-state index contributed by atoms with van der Waals surface area (Å²) < 4.78 is 5.59. The molecule has 8 heteroatoms. The molecule has 6 nitrogen and oxygen atoms in total. The lowest BCUT2D eigenvalue weighted by molar-refractivity contribution is -0.130. The van der Waals surface area contributed by atoms with Crippen LogP contribution in [0.1, 0.15) is 36.4 Å². The minimum absolute atomic E-state index is 0.149. The van der Waals surface area contributed by atoms with E-state index >= 15 is 0 Å². The lowest BCUT2D eigenvalue weighted by atomic mass is 10.0. The standard InChI is InChI=1S/C15H20N4O2S2/c1-10-4-3-5-19(7-10)14(20)9-23-15-18-17-13(21-15)6-12-8-22-11(2)16-12/h8,10H,3-7,9H2,1-2H3/t10-/m0/s1. The van der Waals surface area contributed by atoms with E-state index in [1.807, 2.05) is 17.2 Å². The van der Waals surface area contributed by atoms with Gasteiger partial charge in [0.15, 0.2) is 0 Å². The molecule has 0 bridgehead atoms. The van der Waals surface area contributed by atoms with Gasteiger partial charge < -0.3 is 9.32 Å². The number of rotatable bonds is 5. The molecule has 0 radical (unpaired) electrons. The smallest absolute Gasteiger partial charge is 0.277 e. The number of aromatic nitrogens is 3. The van der Waals surface area contributed by atoms with E-state index in [2.05, 4.69) is 22.1 Å². The Kier molecular flexibility index (Phi) is 5.32. The number of thiazole rings is 1. The van der Waals surface area contributed by atoms with Crippen LogP contribution in [0.3, 0.4) is 0 Å². The van der Waals surface area contributed by atoms with Gasteiger partial charge in [0.25, 0.3) is 5.22 Å². The summed E-state index contributed by atoms with van der Waals surface area (Å²) in [4.78, 5) is 18.5. The van der Waals surface area contributed by atoms with Crippen molar-refractivity contribution in [2.24, 2.45) is 5.92 Å². The largest absolute Gasteiger partial charge is 0.416 e. The van der Waals surface area contributed by atoms with Crippen molar-refractivity contribution in [2.75, 3.05) is 18.8 Å². The average Bonchev–Trinajstić information content (AvgIpc) is 3.14. The number of thioether (sulfide) groups is 1. The number of carbonyl (C=O) groups excluding carboxylic acids is 1. The van der Waals surface area contributed by atoms with Gasteiger partial charge in [-0.15, -0.1) is 21.5 Å². The van der Waals surface area contributed by atoms with Gasteiger partial charge >= 0.3 is 0 Å². The summed E-state index contributed by atoms with van der Waals surface area (Å²) in [7, 11) is 0. The molecule has 1 fully saturated rings. The first-order chi connectivity index (χ1) is 11.1. The second-order valence-electron chi connectivity index (χ2n) is 5.87. The highest BCUT2D eigenvalue weighted by Crippen LogP contribution is 2.21. The van der Waals surface area contributed by atoms with Crippen molar-refractivity contribution in [3.05, 3.63) is 22.0 Å². The number of nitrogens with zero attached hydrogens (tertiary/aromatic N) is 4. The fourth-order valence-corrected chi connectivity index (χ4v) is 3.94. The van der Waals surface area contributed by atoms with E-state index in [0.29, 0.717) is 29.2 Å². The van der Waals surface area contributed by atoms with Gasteiger partial charge in [0, 0.05) is 18.5 Å². The van der Waals surface area contributed by atoms with Gasteiger partial charge in [-0.3, -0.25) is 4.79 Å². The third kappa shape index (κ3) is 4.54. The predicted octanol–water partition coefficient (Wildman–Crippen LogP) is 2.78. The summed E-state index contributed by atoms with van der Waals surface area (Å²) >= 11 is 2.91. The van der Waals surface area contributed by atoms with E-state index in [-0.39, 0.29) is 5.91 Å². The Hall–Kier alpha value is -1.41. The number of carbonyl (C=O) groups is 1.